The van der Waals surface area contributed by atoms with Gasteiger partial charge in [0.1, 0.15) is 5.69 Å². The third kappa shape index (κ3) is 3.54. The summed E-state index contributed by atoms with van der Waals surface area (Å²) < 4.78 is 7.43. The van der Waals surface area contributed by atoms with Gasteiger partial charge in [-0.15, -0.1) is 11.3 Å². The standard InChI is InChI=1S/C48H26N4S/c1-2-11-29-27(10-1)22-24-36-46(29)50-45(28-23-25-42-35(26-28)31-13-4-6-21-41(31)53-42)48(49-36)52-38-18-8-14-32-34-16-7-15-33-30-12-3-5-17-37(30)51(47(33)34)39-19-9-20-40(52)44(39)43(32)38/h1-26H. The van der Waals surface area contributed by atoms with Gasteiger partial charge in [-0.25, -0.2) is 9.97 Å². The summed E-state index contributed by atoms with van der Waals surface area (Å²) >= 11 is 1.84. The summed E-state index contributed by atoms with van der Waals surface area (Å²) in [7, 11) is 0. The average Bonchev–Trinajstić information content (AvgIpc) is 3.85. The Labute approximate surface area is 305 Å². The Morgan fingerprint density at radius 2 is 1.09 bits per heavy atom. The van der Waals surface area contributed by atoms with Gasteiger partial charge in [0, 0.05) is 58.1 Å². The first-order valence-corrected chi connectivity index (χ1v) is 18.8. The van der Waals surface area contributed by atoms with Crippen LogP contribution >= 0.6 is 11.3 Å². The van der Waals surface area contributed by atoms with E-state index in [1.165, 1.54) is 69.0 Å². The molecule has 5 heteroatoms. The number of hydrogen-bond acceptors (Lipinski definition) is 3. The van der Waals surface area contributed by atoms with Gasteiger partial charge in [0.2, 0.25) is 0 Å². The van der Waals surface area contributed by atoms with E-state index in [-0.39, 0.29) is 0 Å². The summed E-state index contributed by atoms with van der Waals surface area (Å²) in [5.41, 5.74) is 9.59. The highest BCUT2D eigenvalue weighted by Crippen LogP contribution is 2.45. The molecule has 0 amide bonds. The predicted molar refractivity (Wildman–Crippen MR) is 224 cm³/mol. The number of nitrogens with zero attached hydrogens (tertiary/aromatic N) is 4. The lowest BCUT2D eigenvalue weighted by Gasteiger charge is -2.15. The number of fused-ring (bicyclic) bond motifs is 11. The van der Waals surface area contributed by atoms with E-state index in [0.29, 0.717) is 0 Å². The molecule has 5 aromatic heterocycles. The summed E-state index contributed by atoms with van der Waals surface area (Å²) in [6, 6.07) is 57.3. The van der Waals surface area contributed by atoms with E-state index in [2.05, 4.69) is 167 Å². The van der Waals surface area contributed by atoms with Gasteiger partial charge in [0.15, 0.2) is 5.82 Å². The first-order valence-electron chi connectivity index (χ1n) is 18.0. The van der Waals surface area contributed by atoms with Crippen molar-refractivity contribution in [3.05, 3.63) is 158 Å². The second-order valence-corrected chi connectivity index (χ2v) is 15.2. The van der Waals surface area contributed by atoms with Crippen LogP contribution < -0.4 is 0 Å². The molecular weight excluding hydrogens is 665 g/mol. The summed E-state index contributed by atoms with van der Waals surface area (Å²) in [5, 5.41) is 12.3. The molecule has 0 aliphatic carbocycles. The van der Waals surface area contributed by atoms with Gasteiger partial charge in [-0.3, -0.25) is 4.57 Å². The molecule has 0 aliphatic rings. The van der Waals surface area contributed by atoms with E-state index in [1.54, 1.807) is 0 Å². The summed E-state index contributed by atoms with van der Waals surface area (Å²) in [5.74, 6) is 0.831. The van der Waals surface area contributed by atoms with Crippen LogP contribution in [-0.2, 0) is 0 Å². The molecule has 0 radical (unpaired) electrons. The van der Waals surface area contributed by atoms with E-state index in [4.69, 9.17) is 9.97 Å². The second kappa shape index (κ2) is 9.94. The van der Waals surface area contributed by atoms with E-state index >= 15 is 0 Å². The number of hydrogen-bond donors (Lipinski definition) is 0. The van der Waals surface area contributed by atoms with Crippen molar-refractivity contribution in [3.63, 3.8) is 0 Å². The third-order valence-electron chi connectivity index (χ3n) is 11.4. The van der Waals surface area contributed by atoms with Gasteiger partial charge in [0.05, 0.1) is 38.6 Å². The van der Waals surface area contributed by atoms with Crippen LogP contribution in [0.1, 0.15) is 0 Å². The monoisotopic (exact) mass is 690 g/mol. The van der Waals surface area contributed by atoms with Crippen LogP contribution in [0.25, 0.3) is 119 Å². The molecule has 0 saturated heterocycles. The minimum atomic E-state index is 0.831. The Bertz CT molecular complexity index is 3700. The molecule has 0 N–H and O–H groups in total. The molecule has 0 unspecified atom stereocenters. The molecule has 13 rings (SSSR count). The maximum absolute atomic E-state index is 5.61. The van der Waals surface area contributed by atoms with Crippen molar-refractivity contribution in [2.45, 2.75) is 0 Å². The van der Waals surface area contributed by atoms with Gasteiger partial charge in [-0.2, -0.15) is 0 Å². The molecule has 0 bridgehead atoms. The van der Waals surface area contributed by atoms with Gasteiger partial charge < -0.3 is 4.40 Å². The van der Waals surface area contributed by atoms with Crippen molar-refractivity contribution in [2.75, 3.05) is 0 Å². The quantitative estimate of drug-likeness (QED) is 0.169. The number of thiophene rings is 1. The van der Waals surface area contributed by atoms with E-state index in [0.717, 1.165) is 49.9 Å². The normalized spacial score (nSPS) is 12.5. The highest BCUT2D eigenvalue weighted by Gasteiger charge is 2.25. The topological polar surface area (TPSA) is 35.1 Å². The van der Waals surface area contributed by atoms with Crippen LogP contribution in [0.3, 0.4) is 0 Å². The predicted octanol–water partition coefficient (Wildman–Crippen LogP) is 13.1. The fourth-order valence-electron chi connectivity index (χ4n) is 9.22. The largest absolute Gasteiger partial charge is 0.308 e. The molecule has 4 nitrogen and oxygen atoms in total. The van der Waals surface area contributed by atoms with Crippen molar-refractivity contribution >= 4 is 113 Å². The molecule has 0 saturated carbocycles. The Morgan fingerprint density at radius 3 is 2.02 bits per heavy atom. The summed E-state index contributed by atoms with van der Waals surface area (Å²) in [6.07, 6.45) is 0. The van der Waals surface area contributed by atoms with Crippen molar-refractivity contribution in [3.8, 4) is 17.1 Å². The third-order valence-corrected chi connectivity index (χ3v) is 12.6. The maximum atomic E-state index is 5.61. The fraction of sp³-hybridized carbons (Fsp3) is 0. The zero-order chi connectivity index (χ0) is 34.4. The van der Waals surface area contributed by atoms with E-state index < -0.39 is 0 Å². The fourth-order valence-corrected chi connectivity index (χ4v) is 10.3. The van der Waals surface area contributed by atoms with Crippen LogP contribution in [0.15, 0.2) is 158 Å². The van der Waals surface area contributed by atoms with Gasteiger partial charge >= 0.3 is 0 Å². The Kier molecular flexibility index (Phi) is 5.22. The van der Waals surface area contributed by atoms with Crippen LogP contribution in [0.2, 0.25) is 0 Å². The summed E-state index contributed by atoms with van der Waals surface area (Å²) in [6.45, 7) is 0. The molecule has 244 valence electrons. The van der Waals surface area contributed by atoms with Crippen LogP contribution in [0.4, 0.5) is 0 Å². The minimum Gasteiger partial charge on any atom is -0.308 e. The highest BCUT2D eigenvalue weighted by molar-refractivity contribution is 7.25. The number of rotatable bonds is 2. The molecule has 13 aromatic rings. The van der Waals surface area contributed by atoms with Crippen LogP contribution in [-0.4, -0.2) is 18.9 Å². The maximum Gasteiger partial charge on any atom is 0.165 e. The lowest BCUT2D eigenvalue weighted by molar-refractivity contribution is 1.08. The summed E-state index contributed by atoms with van der Waals surface area (Å²) in [4.78, 5) is 11.2. The number of aromatic nitrogens is 4. The smallest absolute Gasteiger partial charge is 0.165 e. The van der Waals surface area contributed by atoms with E-state index in [9.17, 15) is 0 Å². The Balaban J connectivity index is 1.23. The molecule has 5 heterocycles. The first-order chi connectivity index (χ1) is 26.3. The SMILES string of the molecule is c1ccc2c(c1)ccc1nc(-n3c4cccc5c6cccc7c8ccccc8n(c8cccc3c8c54)c67)c(-c3ccc4sc5ccccc5c4c3)nc12. The van der Waals surface area contributed by atoms with Crippen molar-refractivity contribution < 1.29 is 0 Å². The Morgan fingerprint density at radius 1 is 0.434 bits per heavy atom. The lowest BCUT2D eigenvalue weighted by Crippen LogP contribution is -2.04. The lowest BCUT2D eigenvalue weighted by atomic mass is 10.0. The van der Waals surface area contributed by atoms with Crippen molar-refractivity contribution in [1.82, 2.24) is 18.9 Å². The molecule has 0 spiro atoms. The molecule has 0 atom stereocenters. The zero-order valence-corrected chi connectivity index (χ0v) is 29.0. The van der Waals surface area contributed by atoms with E-state index in [1.807, 2.05) is 11.3 Å². The average molecular weight is 691 g/mol. The number of para-hydroxylation sites is 2. The van der Waals surface area contributed by atoms with Crippen LogP contribution in [0.5, 0.6) is 0 Å². The molecular formula is C48H26N4S. The van der Waals surface area contributed by atoms with Crippen molar-refractivity contribution in [1.29, 1.82) is 0 Å². The number of benzene rings is 8. The van der Waals surface area contributed by atoms with Crippen molar-refractivity contribution in [2.24, 2.45) is 0 Å². The highest BCUT2D eigenvalue weighted by atomic mass is 32.1. The van der Waals surface area contributed by atoms with Gasteiger partial charge in [-0.1, -0.05) is 109 Å². The van der Waals surface area contributed by atoms with Crippen LogP contribution in [0, 0.1) is 0 Å². The van der Waals surface area contributed by atoms with Gasteiger partial charge in [-0.05, 0) is 59.3 Å². The first kappa shape index (κ1) is 27.8. The zero-order valence-electron chi connectivity index (χ0n) is 28.2. The molecule has 8 aromatic carbocycles. The second-order valence-electron chi connectivity index (χ2n) is 14.1. The molecule has 0 aliphatic heterocycles. The molecule has 53 heavy (non-hydrogen) atoms. The minimum absolute atomic E-state index is 0.831. The molecule has 0 fully saturated rings. The Hall–Kier alpha value is -6.82. The van der Waals surface area contributed by atoms with Gasteiger partial charge in [0.25, 0.3) is 0 Å².